The fourth-order valence-corrected chi connectivity index (χ4v) is 1.73. The van der Waals surface area contributed by atoms with Crippen molar-refractivity contribution in [1.82, 2.24) is 0 Å². The van der Waals surface area contributed by atoms with Crippen molar-refractivity contribution in [1.29, 1.82) is 5.26 Å². The van der Waals surface area contributed by atoms with E-state index >= 15 is 0 Å². The van der Waals surface area contributed by atoms with Crippen LogP contribution in [-0.2, 0) is 0 Å². The normalized spacial score (nSPS) is 11.6. The minimum absolute atomic E-state index is 0.427. The predicted octanol–water partition coefficient (Wildman–Crippen LogP) is 3.79. The van der Waals surface area contributed by atoms with Gasteiger partial charge >= 0.3 is 0 Å². The molecule has 2 rings (SSSR count). The molecule has 0 fully saturated rings. The number of rotatable bonds is 4. The lowest BCUT2D eigenvalue weighted by Crippen LogP contribution is -1.94. The third kappa shape index (κ3) is 3.34. The Kier molecular flexibility index (Phi) is 4.17. The maximum atomic E-state index is 9.70. The van der Waals surface area contributed by atoms with Gasteiger partial charge in [-0.2, -0.15) is 5.26 Å². The Morgan fingerprint density at radius 3 is 2.05 bits per heavy atom. The molecule has 1 atom stereocenters. The second-order valence-corrected chi connectivity index (χ2v) is 4.23. The summed E-state index contributed by atoms with van der Waals surface area (Å²) in [5, 5.41) is 18.4. The van der Waals surface area contributed by atoms with E-state index in [4.69, 9.17) is 10.00 Å². The number of hydrogen-bond acceptors (Lipinski definition) is 3. The average Bonchev–Trinajstić information content (AvgIpc) is 2.48. The second kappa shape index (κ2) is 6.03. The van der Waals surface area contributed by atoms with Gasteiger partial charge < -0.3 is 9.84 Å². The van der Waals surface area contributed by atoms with Crippen molar-refractivity contribution in [3.8, 4) is 17.6 Å². The van der Waals surface area contributed by atoms with Crippen LogP contribution in [-0.4, -0.2) is 5.11 Å². The zero-order valence-electron chi connectivity index (χ0n) is 10.7. The molecule has 3 heteroatoms. The van der Waals surface area contributed by atoms with Crippen molar-refractivity contribution in [3.05, 3.63) is 59.7 Å². The van der Waals surface area contributed by atoms with E-state index in [1.165, 1.54) is 0 Å². The first-order valence-corrected chi connectivity index (χ1v) is 6.19. The molecule has 0 heterocycles. The number of aliphatic hydroxyl groups is 1. The maximum Gasteiger partial charge on any atom is 0.127 e. The van der Waals surface area contributed by atoms with Gasteiger partial charge in [0.1, 0.15) is 11.5 Å². The summed E-state index contributed by atoms with van der Waals surface area (Å²) in [6.45, 7) is 1.94. The SMILES string of the molecule is CC[C@@H](O)c1ccc(Oc2ccc(C#N)cc2)cc1. The Labute approximate surface area is 112 Å². The Bertz CT molecular complexity index is 567. The van der Waals surface area contributed by atoms with Crippen LogP contribution < -0.4 is 4.74 Å². The Hall–Kier alpha value is -2.31. The first kappa shape index (κ1) is 13.1. The van der Waals surface area contributed by atoms with Crippen LogP contribution in [0.4, 0.5) is 0 Å². The molecule has 0 saturated heterocycles. The summed E-state index contributed by atoms with van der Waals surface area (Å²) in [7, 11) is 0. The monoisotopic (exact) mass is 253 g/mol. The molecule has 1 N–H and O–H groups in total. The molecule has 96 valence electrons. The van der Waals surface area contributed by atoms with Crippen molar-refractivity contribution in [2.45, 2.75) is 19.4 Å². The van der Waals surface area contributed by atoms with Gasteiger partial charge in [-0.1, -0.05) is 19.1 Å². The summed E-state index contributed by atoms with van der Waals surface area (Å²) >= 11 is 0. The van der Waals surface area contributed by atoms with Crippen LogP contribution in [0.2, 0.25) is 0 Å². The third-order valence-corrected chi connectivity index (χ3v) is 2.87. The van der Waals surface area contributed by atoms with E-state index < -0.39 is 6.10 Å². The van der Waals surface area contributed by atoms with Crippen LogP contribution in [0.15, 0.2) is 48.5 Å². The molecule has 19 heavy (non-hydrogen) atoms. The zero-order chi connectivity index (χ0) is 13.7. The summed E-state index contributed by atoms with van der Waals surface area (Å²) in [6.07, 6.45) is 0.263. The van der Waals surface area contributed by atoms with Crippen molar-refractivity contribution in [2.75, 3.05) is 0 Å². The summed E-state index contributed by atoms with van der Waals surface area (Å²) < 4.78 is 5.66. The van der Waals surface area contributed by atoms with Crippen LogP contribution in [0.5, 0.6) is 11.5 Å². The van der Waals surface area contributed by atoms with Gasteiger partial charge in [-0.05, 0) is 48.4 Å². The molecule has 3 nitrogen and oxygen atoms in total. The Morgan fingerprint density at radius 1 is 1.05 bits per heavy atom. The van der Waals surface area contributed by atoms with Gasteiger partial charge in [-0.3, -0.25) is 0 Å². The highest BCUT2D eigenvalue weighted by Crippen LogP contribution is 2.24. The number of aliphatic hydroxyl groups excluding tert-OH is 1. The van der Waals surface area contributed by atoms with Gasteiger partial charge in [-0.25, -0.2) is 0 Å². The topological polar surface area (TPSA) is 53.2 Å². The average molecular weight is 253 g/mol. The highest BCUT2D eigenvalue weighted by molar-refractivity contribution is 5.38. The molecule has 0 aliphatic carbocycles. The molecular formula is C16H15NO2. The highest BCUT2D eigenvalue weighted by atomic mass is 16.5. The van der Waals surface area contributed by atoms with E-state index in [9.17, 15) is 5.11 Å². The van der Waals surface area contributed by atoms with Gasteiger partial charge in [0.2, 0.25) is 0 Å². The second-order valence-electron chi connectivity index (χ2n) is 4.23. The number of ether oxygens (including phenoxy) is 1. The predicted molar refractivity (Wildman–Crippen MR) is 72.9 cm³/mol. The lowest BCUT2D eigenvalue weighted by Gasteiger charge is -2.10. The molecule has 2 aromatic carbocycles. The van der Waals surface area contributed by atoms with Gasteiger partial charge in [-0.15, -0.1) is 0 Å². The number of benzene rings is 2. The minimum atomic E-state index is -0.427. The van der Waals surface area contributed by atoms with Gasteiger partial charge in [0.05, 0.1) is 17.7 Å². The molecular weight excluding hydrogens is 238 g/mol. The lowest BCUT2D eigenvalue weighted by molar-refractivity contribution is 0.173. The van der Waals surface area contributed by atoms with Crippen LogP contribution in [0.1, 0.15) is 30.6 Å². The summed E-state index contributed by atoms with van der Waals surface area (Å²) in [6, 6.07) is 16.4. The van der Waals surface area contributed by atoms with Crippen LogP contribution in [0.25, 0.3) is 0 Å². The van der Waals surface area contributed by atoms with Crippen molar-refractivity contribution in [2.24, 2.45) is 0 Å². The van der Waals surface area contributed by atoms with Crippen LogP contribution >= 0.6 is 0 Å². The van der Waals surface area contributed by atoms with E-state index in [0.29, 0.717) is 23.5 Å². The molecule has 0 amide bonds. The molecule has 2 aromatic rings. The summed E-state index contributed by atoms with van der Waals surface area (Å²) in [4.78, 5) is 0. The van der Waals surface area contributed by atoms with E-state index in [1.54, 1.807) is 24.3 Å². The molecule has 0 saturated carbocycles. The van der Waals surface area contributed by atoms with Crippen LogP contribution in [0, 0.1) is 11.3 Å². The molecule has 0 aliphatic heterocycles. The molecule has 0 radical (unpaired) electrons. The molecule has 0 aromatic heterocycles. The standard InChI is InChI=1S/C16H15NO2/c1-2-16(18)13-5-9-15(10-6-13)19-14-7-3-12(11-17)4-8-14/h3-10,16,18H,2H2,1H3/t16-/m1/s1. The fourth-order valence-electron chi connectivity index (χ4n) is 1.73. The van der Waals surface area contributed by atoms with E-state index in [1.807, 2.05) is 31.2 Å². The lowest BCUT2D eigenvalue weighted by atomic mass is 10.1. The smallest absolute Gasteiger partial charge is 0.127 e. The minimum Gasteiger partial charge on any atom is -0.457 e. The van der Waals surface area contributed by atoms with Crippen LogP contribution in [0.3, 0.4) is 0 Å². The fraction of sp³-hybridized carbons (Fsp3) is 0.188. The highest BCUT2D eigenvalue weighted by Gasteiger charge is 2.04. The molecule has 0 unspecified atom stereocenters. The first-order chi connectivity index (χ1) is 9.22. The van der Waals surface area contributed by atoms with Gasteiger partial charge in [0.15, 0.2) is 0 Å². The Balaban J connectivity index is 2.08. The number of hydrogen-bond donors (Lipinski definition) is 1. The van der Waals surface area contributed by atoms with Crippen molar-refractivity contribution in [3.63, 3.8) is 0 Å². The van der Waals surface area contributed by atoms with E-state index in [-0.39, 0.29) is 0 Å². The van der Waals surface area contributed by atoms with E-state index in [0.717, 1.165) is 5.56 Å². The largest absolute Gasteiger partial charge is 0.457 e. The van der Waals surface area contributed by atoms with E-state index in [2.05, 4.69) is 6.07 Å². The number of nitriles is 1. The summed E-state index contributed by atoms with van der Waals surface area (Å²) in [5.41, 5.74) is 1.49. The van der Waals surface area contributed by atoms with Gasteiger partial charge in [0.25, 0.3) is 0 Å². The Morgan fingerprint density at radius 2 is 1.58 bits per heavy atom. The molecule has 0 spiro atoms. The zero-order valence-corrected chi connectivity index (χ0v) is 10.7. The maximum absolute atomic E-state index is 9.70. The third-order valence-electron chi connectivity index (χ3n) is 2.87. The van der Waals surface area contributed by atoms with Crippen molar-refractivity contribution < 1.29 is 9.84 Å². The molecule has 0 aliphatic rings. The molecule has 0 bridgehead atoms. The quantitative estimate of drug-likeness (QED) is 0.901. The van der Waals surface area contributed by atoms with Gasteiger partial charge in [0, 0.05) is 0 Å². The number of nitrogens with zero attached hydrogens (tertiary/aromatic N) is 1. The first-order valence-electron chi connectivity index (χ1n) is 6.19. The van der Waals surface area contributed by atoms with Crippen molar-refractivity contribution >= 4 is 0 Å². The summed E-state index contributed by atoms with van der Waals surface area (Å²) in [5.74, 6) is 1.39.